The summed E-state index contributed by atoms with van der Waals surface area (Å²) in [5.41, 5.74) is -0.268. The maximum Gasteiger partial charge on any atom is 0.133 e. The second kappa shape index (κ2) is 6.85. The quantitative estimate of drug-likeness (QED) is 0.549. The Hall–Kier alpha value is -0.810. The van der Waals surface area contributed by atoms with Gasteiger partial charge in [0, 0.05) is 11.3 Å². The molecule has 0 spiro atoms. The molecule has 4 aliphatic carbocycles. The summed E-state index contributed by atoms with van der Waals surface area (Å²) in [5, 5.41) is 11.3. The number of carbonyl (C=O) groups is 1. The Morgan fingerprint density at radius 1 is 0.931 bits per heavy atom. The van der Waals surface area contributed by atoms with Crippen molar-refractivity contribution >= 4 is 5.78 Å². The number of carbonyl (C=O) groups excluding carboxylic acids is 1. The van der Waals surface area contributed by atoms with E-state index in [0.717, 1.165) is 43.4 Å². The van der Waals surface area contributed by atoms with E-state index in [4.69, 9.17) is 0 Å². The van der Waals surface area contributed by atoms with Gasteiger partial charge in [-0.05, 0) is 120 Å². The summed E-state index contributed by atoms with van der Waals surface area (Å²) in [6.07, 6.45) is 10.2. The van der Waals surface area contributed by atoms with Crippen LogP contribution in [0.5, 0.6) is 0 Å². The smallest absolute Gasteiger partial charge is 0.133 e. The van der Waals surface area contributed by atoms with Gasteiger partial charge in [0.25, 0.3) is 0 Å². The Balaban J connectivity index is 1.55. The van der Waals surface area contributed by atoms with Crippen LogP contribution in [0.3, 0.4) is 0 Å². The lowest BCUT2D eigenvalue weighted by atomic mass is 9.44. The van der Waals surface area contributed by atoms with E-state index in [-0.39, 0.29) is 10.8 Å². The molecule has 0 aromatic rings. The van der Waals surface area contributed by atoms with Crippen LogP contribution in [0.2, 0.25) is 0 Å². The zero-order chi connectivity index (χ0) is 21.2. The third-order valence-corrected chi connectivity index (χ3v) is 9.89. The molecule has 4 saturated carbocycles. The van der Waals surface area contributed by atoms with Gasteiger partial charge in [-0.3, -0.25) is 4.79 Å². The lowest BCUT2D eigenvalue weighted by Crippen LogP contribution is -2.56. The van der Waals surface area contributed by atoms with Crippen molar-refractivity contribution in [3.05, 3.63) is 0 Å². The van der Waals surface area contributed by atoms with Crippen LogP contribution >= 0.6 is 0 Å². The van der Waals surface area contributed by atoms with Crippen molar-refractivity contribution in [2.45, 2.75) is 105 Å². The SMILES string of the molecule is CC(=O)[C@H]1CC[C@@H]2[C@@H]3CC[C@@H]4C[C@@](O)(C#CC(C)(C)C)CC[C@]4(C)[C@H]3CC[C@]12C. The van der Waals surface area contributed by atoms with Gasteiger partial charge in [-0.25, -0.2) is 0 Å². The molecule has 2 nitrogen and oxygen atoms in total. The molecule has 0 aromatic carbocycles. The number of rotatable bonds is 1. The third kappa shape index (κ3) is 3.50. The minimum absolute atomic E-state index is 0.0578. The molecule has 2 heteroatoms. The Morgan fingerprint density at radius 2 is 1.62 bits per heavy atom. The van der Waals surface area contributed by atoms with Crippen LogP contribution in [-0.2, 0) is 4.79 Å². The Labute approximate surface area is 178 Å². The predicted octanol–water partition coefficient (Wildman–Crippen LogP) is 6.01. The van der Waals surface area contributed by atoms with E-state index in [2.05, 4.69) is 46.5 Å². The highest BCUT2D eigenvalue weighted by Crippen LogP contribution is 2.68. The second-order valence-electron chi connectivity index (χ2n) is 12.7. The molecule has 1 N–H and O–H groups in total. The van der Waals surface area contributed by atoms with Gasteiger partial charge < -0.3 is 5.11 Å². The van der Waals surface area contributed by atoms with Crippen LogP contribution in [0.4, 0.5) is 0 Å². The minimum atomic E-state index is -0.791. The molecular weight excluding hydrogens is 356 g/mol. The Morgan fingerprint density at radius 3 is 2.28 bits per heavy atom. The van der Waals surface area contributed by atoms with Crippen molar-refractivity contribution in [3.8, 4) is 11.8 Å². The van der Waals surface area contributed by atoms with Gasteiger partial charge in [-0.15, -0.1) is 0 Å². The zero-order valence-corrected chi connectivity index (χ0v) is 19.6. The molecule has 0 aliphatic heterocycles. The number of ketones is 1. The fraction of sp³-hybridized carbons (Fsp3) is 0.889. The van der Waals surface area contributed by atoms with Gasteiger partial charge in [0.1, 0.15) is 11.4 Å². The topological polar surface area (TPSA) is 37.3 Å². The van der Waals surface area contributed by atoms with E-state index in [0.29, 0.717) is 23.0 Å². The molecule has 4 fully saturated rings. The number of aliphatic hydroxyl groups is 1. The summed E-state index contributed by atoms with van der Waals surface area (Å²) in [7, 11) is 0. The van der Waals surface area contributed by atoms with Crippen molar-refractivity contribution in [1.29, 1.82) is 0 Å². The minimum Gasteiger partial charge on any atom is -0.378 e. The van der Waals surface area contributed by atoms with Gasteiger partial charge >= 0.3 is 0 Å². The first kappa shape index (κ1) is 21.4. The van der Waals surface area contributed by atoms with Crippen LogP contribution in [0.25, 0.3) is 0 Å². The highest BCUT2D eigenvalue weighted by molar-refractivity contribution is 5.79. The summed E-state index contributed by atoms with van der Waals surface area (Å²) in [4.78, 5) is 12.3. The molecule has 0 amide bonds. The van der Waals surface area contributed by atoms with E-state index in [1.807, 2.05) is 6.92 Å². The number of fused-ring (bicyclic) bond motifs is 5. The average molecular weight is 399 g/mol. The largest absolute Gasteiger partial charge is 0.378 e. The van der Waals surface area contributed by atoms with Crippen molar-refractivity contribution in [2.75, 3.05) is 0 Å². The summed E-state index contributed by atoms with van der Waals surface area (Å²) in [6, 6.07) is 0. The van der Waals surface area contributed by atoms with Gasteiger partial charge in [0.2, 0.25) is 0 Å². The number of Topliss-reactive ketones (excluding diaryl/α,β-unsaturated/α-hetero) is 1. The molecule has 0 unspecified atom stereocenters. The van der Waals surface area contributed by atoms with Gasteiger partial charge in [-0.1, -0.05) is 25.7 Å². The van der Waals surface area contributed by atoms with Crippen LogP contribution in [0.1, 0.15) is 99.3 Å². The van der Waals surface area contributed by atoms with Gasteiger partial charge in [-0.2, -0.15) is 0 Å². The van der Waals surface area contributed by atoms with Crippen LogP contribution < -0.4 is 0 Å². The van der Waals surface area contributed by atoms with Crippen molar-refractivity contribution < 1.29 is 9.90 Å². The predicted molar refractivity (Wildman–Crippen MR) is 118 cm³/mol. The highest BCUT2D eigenvalue weighted by atomic mass is 16.3. The van der Waals surface area contributed by atoms with Gasteiger partial charge in [0.05, 0.1) is 0 Å². The summed E-state index contributed by atoms with van der Waals surface area (Å²) in [5.74, 6) is 10.2. The molecular formula is C27H42O2. The molecule has 4 rings (SSSR count). The van der Waals surface area contributed by atoms with Crippen LogP contribution in [0, 0.1) is 57.7 Å². The van der Waals surface area contributed by atoms with Crippen LogP contribution in [-0.4, -0.2) is 16.5 Å². The zero-order valence-electron chi connectivity index (χ0n) is 19.6. The summed E-state index contributed by atoms with van der Waals surface area (Å²) < 4.78 is 0. The molecule has 0 saturated heterocycles. The maximum atomic E-state index is 12.3. The molecule has 162 valence electrons. The highest BCUT2D eigenvalue weighted by Gasteiger charge is 2.61. The van der Waals surface area contributed by atoms with Crippen LogP contribution in [0.15, 0.2) is 0 Å². The third-order valence-electron chi connectivity index (χ3n) is 9.89. The first-order valence-electron chi connectivity index (χ1n) is 12.2. The number of hydrogen-bond donors (Lipinski definition) is 1. The van der Waals surface area contributed by atoms with Crippen molar-refractivity contribution in [2.24, 2.45) is 45.8 Å². The first-order chi connectivity index (χ1) is 13.4. The standard InChI is InChI=1S/C27H42O2/c1-18(28)21-9-10-22-20-8-7-19-17-27(29,15-13-24(2,3)4)16-14-25(19,5)23(20)11-12-26(21,22)6/h19-23,29H,7-12,14,16-17H2,1-6H3/t19-,20+,21-,22-,23+,25+,26-,27-/m1/s1. The fourth-order valence-corrected chi connectivity index (χ4v) is 8.33. The fourth-order valence-electron chi connectivity index (χ4n) is 8.33. The lowest BCUT2D eigenvalue weighted by Gasteiger charge is -2.61. The monoisotopic (exact) mass is 398 g/mol. The molecule has 29 heavy (non-hydrogen) atoms. The van der Waals surface area contributed by atoms with E-state index in [1.54, 1.807) is 0 Å². The van der Waals surface area contributed by atoms with Gasteiger partial charge in [0.15, 0.2) is 0 Å². The van der Waals surface area contributed by atoms with Crippen molar-refractivity contribution in [1.82, 2.24) is 0 Å². The molecule has 0 bridgehead atoms. The maximum absolute atomic E-state index is 12.3. The second-order valence-corrected chi connectivity index (χ2v) is 12.7. The van der Waals surface area contributed by atoms with E-state index < -0.39 is 5.60 Å². The normalized spacial score (nSPS) is 49.3. The average Bonchev–Trinajstić information content (AvgIpc) is 2.98. The summed E-state index contributed by atoms with van der Waals surface area (Å²) in [6.45, 7) is 13.2. The van der Waals surface area contributed by atoms with Crippen molar-refractivity contribution in [3.63, 3.8) is 0 Å². The molecule has 0 aromatic heterocycles. The first-order valence-corrected chi connectivity index (χ1v) is 12.2. The Bertz CT molecular complexity index is 736. The molecule has 0 heterocycles. The van der Waals surface area contributed by atoms with E-state index in [1.165, 1.54) is 32.1 Å². The van der Waals surface area contributed by atoms with E-state index >= 15 is 0 Å². The van der Waals surface area contributed by atoms with E-state index in [9.17, 15) is 9.90 Å². The summed E-state index contributed by atoms with van der Waals surface area (Å²) >= 11 is 0. The molecule has 8 atom stereocenters. The number of hydrogen-bond acceptors (Lipinski definition) is 2. The molecule has 0 radical (unpaired) electrons. The Kier molecular flexibility index (Phi) is 5.06. The molecule has 4 aliphatic rings. The lowest BCUT2D eigenvalue weighted by molar-refractivity contribution is -0.144.